The third-order valence-corrected chi connectivity index (χ3v) is 30.6. The third kappa shape index (κ3) is 21.3. The second kappa shape index (κ2) is 42.5. The molecule has 141 heavy (non-hydrogen) atoms. The number of hydrogen-bond donors (Lipinski definition) is 8. The number of carbonyl (C=O) groups is 8. The van der Waals surface area contributed by atoms with Gasteiger partial charge in [0.05, 0.1) is 92.2 Å². The van der Waals surface area contributed by atoms with Crippen LogP contribution in [0.2, 0.25) is 0 Å². The Morgan fingerprint density at radius 2 is 0.716 bits per heavy atom. The Kier molecular flexibility index (Phi) is 29.9. The predicted octanol–water partition coefficient (Wildman–Crippen LogP) is 14.3. The molecule has 8 fully saturated rings. The van der Waals surface area contributed by atoms with Gasteiger partial charge < -0.3 is 106 Å². The van der Waals surface area contributed by atoms with E-state index in [9.17, 15) is 38.4 Å². The van der Waals surface area contributed by atoms with Crippen molar-refractivity contribution in [2.45, 2.75) is 224 Å². The highest BCUT2D eigenvalue weighted by atomic mass is 16.5. The van der Waals surface area contributed by atoms with Gasteiger partial charge in [-0.15, -0.1) is 0 Å². The molecule has 4 aromatic heterocycles. The van der Waals surface area contributed by atoms with E-state index in [0.717, 1.165) is 161 Å². The summed E-state index contributed by atoms with van der Waals surface area (Å²) in [5.74, 6) is 7.68. The van der Waals surface area contributed by atoms with Crippen molar-refractivity contribution in [2.75, 3.05) is 178 Å². The first kappa shape index (κ1) is 99.1. The number of hydrogen-bond acceptors (Lipinski definition) is 29. The van der Waals surface area contributed by atoms with Crippen LogP contribution in [0.1, 0.15) is 229 Å². The summed E-state index contributed by atoms with van der Waals surface area (Å²) in [6, 6.07) is 22.7. The van der Waals surface area contributed by atoms with E-state index in [-0.39, 0.29) is 70.2 Å². The molecule has 7 saturated carbocycles. The fourth-order valence-corrected chi connectivity index (χ4v) is 21.9. The zero-order valence-electron chi connectivity index (χ0n) is 83.9. The Morgan fingerprint density at radius 3 is 1.05 bits per heavy atom. The molecule has 0 bridgehead atoms. The molecular formula is C104H137N25O12. The van der Waals surface area contributed by atoms with Crippen molar-refractivity contribution in [2.24, 2.45) is 22.2 Å². The predicted molar refractivity (Wildman–Crippen MR) is 546 cm³/mol. The van der Waals surface area contributed by atoms with Crippen LogP contribution in [-0.4, -0.2) is 245 Å². The number of piperidine rings is 1. The van der Waals surface area contributed by atoms with Crippen molar-refractivity contribution in [3.05, 3.63) is 120 Å². The normalized spacial score (nSPS) is 19.9. The molecule has 12 aliphatic rings. The van der Waals surface area contributed by atoms with Crippen molar-refractivity contribution >= 4 is 140 Å². The minimum atomic E-state index is -0.543. The summed E-state index contributed by atoms with van der Waals surface area (Å²) in [6.07, 6.45) is 35.4. The maximum Gasteiger partial charge on any atom is 0.251 e. The van der Waals surface area contributed by atoms with Crippen molar-refractivity contribution < 1.29 is 57.3 Å². The molecule has 37 heteroatoms. The molecule has 0 radical (unpaired) electrons. The summed E-state index contributed by atoms with van der Waals surface area (Å²) in [6.45, 7) is 11.5. The van der Waals surface area contributed by atoms with E-state index >= 15 is 0 Å². The second-order valence-electron chi connectivity index (χ2n) is 40.4. The van der Waals surface area contributed by atoms with Crippen LogP contribution in [-0.2, 0) is 19.2 Å². The number of amides is 8. The largest absolute Gasteiger partial charge is 0.495 e. The Labute approximate surface area is 825 Å². The molecule has 0 unspecified atom stereocenters. The Balaban J connectivity index is 0.000000130. The SMILES string of the molecule is CNC(=O)c1ccc(Nc2ncc3c(n2)N(C2CCCC2)CC2(CC2)C(=O)N3C)c(OC)c1.CNC(=O)c1ccc(Nc2ncc3c(n2)N(C2CCCC2)CC2(CCC2)C(=O)N3C)c(OC)c1.CNC(=O)c1ccc(Nc2ncc3c(n2)N(C2CCCC2)[C@H](C)CC(=O)N3C)c(OC)c1.COc1cc(C(=O)NC2CCN(CC3CC3)CC2)ccc1Nc1ncc2c(n1)N(C1CCCC1)CC(C)(C)C(=O)N2C. The smallest absolute Gasteiger partial charge is 0.251 e. The Bertz CT molecular complexity index is 5960. The molecule has 5 aliphatic heterocycles. The van der Waals surface area contributed by atoms with E-state index in [1.165, 1.54) is 70.8 Å². The van der Waals surface area contributed by atoms with Crippen LogP contribution in [0.15, 0.2) is 97.6 Å². The number of nitrogens with zero attached hydrogens (tertiary/aromatic N) is 17. The standard InChI is InChI=1S/C32H45N7O3.C25H32N6O3.C24H30N6O3.C23H30N6O3/c1-32(2)20-39(24-7-5-6-8-24)28-26(37(3)30(32)41)18-33-31(36-28)35-25-12-11-22(17-27(25)42-4)29(40)34-23-13-15-38(16-14-23)19-21-9-10-21;1-26-22(32)16-9-10-18(20(13-16)34-3)28-24-27-14-19-21(29-24)31(17-7-4-5-8-17)15-25(11-6-12-25)23(33)30(19)2;1-25-21(31)15-8-9-17(19(12-15)33-3)27-23-26-13-18-20(28-23)30(16-6-4-5-7-16)14-24(10-11-24)22(32)29(18)2;1-14-11-20(30)28(3)18-13-25-23(27-21(18)29(14)16-7-5-6-8-16)26-17-10-9-15(22(31)24-2)12-19(17)32-4/h11-12,17-18,21,23-24H,5-10,13-16,19-20H2,1-4H3,(H,34,40)(H,33,35,36);9-10,13-14,17H,4-8,11-12,15H2,1-3H3,(H,26,32)(H,27,28,29);8-9,12-13,16H,4-7,10-11,14H2,1-3H3,(H,25,31)(H,26,27,28);9-10,12-14,16H,5-8,11H2,1-4H3,(H,24,31)(H,25,26,27)/t;;;14-/m...1/s1. The van der Waals surface area contributed by atoms with Crippen LogP contribution in [0.25, 0.3) is 0 Å². The molecule has 1 atom stereocenters. The summed E-state index contributed by atoms with van der Waals surface area (Å²) in [5, 5.41) is 24.1. The summed E-state index contributed by atoms with van der Waals surface area (Å²) < 4.78 is 22.2. The zero-order chi connectivity index (χ0) is 99.3. The van der Waals surface area contributed by atoms with Crippen molar-refractivity contribution in [1.29, 1.82) is 0 Å². The van der Waals surface area contributed by atoms with Gasteiger partial charge in [-0.3, -0.25) is 38.4 Å². The van der Waals surface area contributed by atoms with Crippen LogP contribution in [0.5, 0.6) is 23.0 Å². The fraction of sp³-hybridized carbons (Fsp3) is 0.538. The van der Waals surface area contributed by atoms with E-state index in [4.69, 9.17) is 38.9 Å². The fourth-order valence-electron chi connectivity index (χ4n) is 21.9. The third-order valence-electron chi connectivity index (χ3n) is 30.6. The number of fused-ring (bicyclic) bond motifs is 4. The van der Waals surface area contributed by atoms with E-state index in [0.29, 0.717) is 142 Å². The molecule has 8 amide bonds. The molecule has 2 spiro atoms. The first-order valence-electron chi connectivity index (χ1n) is 50.2. The molecule has 37 nitrogen and oxygen atoms in total. The lowest BCUT2D eigenvalue weighted by Gasteiger charge is -2.44. The Hall–Kier alpha value is -13.5. The molecule has 750 valence electrons. The second-order valence-corrected chi connectivity index (χ2v) is 40.4. The average molecular weight is 1930 g/mol. The molecule has 8 N–H and O–H groups in total. The number of benzene rings is 4. The van der Waals surface area contributed by atoms with Crippen molar-refractivity contribution in [3.63, 3.8) is 0 Å². The minimum Gasteiger partial charge on any atom is -0.495 e. The van der Waals surface area contributed by atoms with Crippen LogP contribution in [0.4, 0.5) is 92.6 Å². The maximum atomic E-state index is 13.4. The van der Waals surface area contributed by atoms with Gasteiger partial charge in [0, 0.05) is 154 Å². The van der Waals surface area contributed by atoms with Crippen LogP contribution >= 0.6 is 0 Å². The number of methoxy groups -OCH3 is 4. The van der Waals surface area contributed by atoms with Gasteiger partial charge in [0.25, 0.3) is 23.6 Å². The number of aromatic nitrogens is 8. The number of nitrogens with one attached hydrogen (secondary N) is 8. The van der Waals surface area contributed by atoms with Crippen LogP contribution < -0.4 is 101 Å². The lowest BCUT2D eigenvalue weighted by atomic mass is 9.67. The number of likely N-dealkylation sites (tertiary alicyclic amines) is 1. The van der Waals surface area contributed by atoms with Crippen molar-refractivity contribution in [1.82, 2.24) is 66.0 Å². The zero-order valence-corrected chi connectivity index (χ0v) is 83.9. The monoisotopic (exact) mass is 1930 g/mol. The highest BCUT2D eigenvalue weighted by Gasteiger charge is 2.56. The van der Waals surface area contributed by atoms with Gasteiger partial charge in [-0.1, -0.05) is 57.8 Å². The molecule has 4 aromatic carbocycles. The Morgan fingerprint density at radius 1 is 0.390 bits per heavy atom. The van der Waals surface area contributed by atoms with E-state index in [2.05, 4.69) is 93.9 Å². The van der Waals surface area contributed by atoms with E-state index in [1.54, 1.807) is 162 Å². The number of carbonyl (C=O) groups excluding carboxylic acids is 8. The minimum absolute atomic E-state index is 0.0541. The number of rotatable bonds is 23. The summed E-state index contributed by atoms with van der Waals surface area (Å²) >= 11 is 0. The van der Waals surface area contributed by atoms with E-state index < -0.39 is 5.41 Å². The molecule has 1 saturated heterocycles. The molecule has 9 heterocycles. The van der Waals surface area contributed by atoms with Gasteiger partial charge in [-0.25, -0.2) is 19.9 Å². The quantitative estimate of drug-likeness (QED) is 0.0295. The molecular weight excluding hydrogens is 1790 g/mol. The number of anilines is 16. The molecule has 7 aliphatic carbocycles. The lowest BCUT2D eigenvalue weighted by Crippen LogP contribution is -2.52. The highest BCUT2D eigenvalue weighted by Crippen LogP contribution is 2.55. The summed E-state index contributed by atoms with van der Waals surface area (Å²) in [4.78, 5) is 158. The lowest BCUT2D eigenvalue weighted by molar-refractivity contribution is -0.132. The van der Waals surface area contributed by atoms with Crippen LogP contribution in [0, 0.1) is 22.2 Å². The van der Waals surface area contributed by atoms with Gasteiger partial charge >= 0.3 is 0 Å². The maximum absolute atomic E-state index is 13.4. The topological polar surface area (TPSA) is 402 Å². The van der Waals surface area contributed by atoms with Gasteiger partial charge in [0.15, 0.2) is 23.3 Å². The molecule has 20 rings (SSSR count). The van der Waals surface area contributed by atoms with Crippen LogP contribution in [0.3, 0.4) is 0 Å². The molecule has 8 aromatic rings. The summed E-state index contributed by atoms with van der Waals surface area (Å²) in [7, 11) is 18.3. The first-order valence-corrected chi connectivity index (χ1v) is 50.2. The van der Waals surface area contributed by atoms with E-state index in [1.807, 2.05) is 47.1 Å². The van der Waals surface area contributed by atoms with Gasteiger partial charge in [0.1, 0.15) is 45.7 Å². The van der Waals surface area contributed by atoms with Gasteiger partial charge in [-0.2, -0.15) is 19.9 Å². The van der Waals surface area contributed by atoms with Crippen molar-refractivity contribution in [3.8, 4) is 23.0 Å². The highest BCUT2D eigenvalue weighted by molar-refractivity contribution is 6.05. The first-order chi connectivity index (χ1) is 68.0. The summed E-state index contributed by atoms with van der Waals surface area (Å²) in [5.41, 5.74) is 6.53. The number of ether oxygens (including phenoxy) is 4. The van der Waals surface area contributed by atoms with Gasteiger partial charge in [0.2, 0.25) is 47.4 Å². The van der Waals surface area contributed by atoms with Gasteiger partial charge in [-0.05, 0) is 202 Å². The average Bonchev–Trinajstić information content (AvgIpc) is 1.58.